The normalized spacial score (nSPS) is 17.7. The lowest BCUT2D eigenvalue weighted by Gasteiger charge is -2.12. The highest BCUT2D eigenvalue weighted by Crippen LogP contribution is 2.28. The molecule has 1 atom stereocenters. The Labute approximate surface area is 142 Å². The van der Waals surface area contributed by atoms with E-state index in [2.05, 4.69) is 25.3 Å². The SMILES string of the molecule is Cc1cc(C(F)(F)F)nc(CNc2cc(C3CCOC3)nc(C)n2)n1. The molecule has 1 saturated heterocycles. The van der Waals surface area contributed by atoms with E-state index in [1.807, 2.05) is 0 Å². The van der Waals surface area contributed by atoms with E-state index in [9.17, 15) is 13.2 Å². The van der Waals surface area contributed by atoms with Crippen LogP contribution < -0.4 is 5.32 Å². The van der Waals surface area contributed by atoms with Gasteiger partial charge in [-0.2, -0.15) is 13.2 Å². The molecular formula is C16H18F3N5O. The van der Waals surface area contributed by atoms with Gasteiger partial charge in [0.1, 0.15) is 23.2 Å². The van der Waals surface area contributed by atoms with Gasteiger partial charge in [-0.15, -0.1) is 0 Å². The fraction of sp³-hybridized carbons (Fsp3) is 0.500. The summed E-state index contributed by atoms with van der Waals surface area (Å²) in [5.41, 5.74) is 0.190. The van der Waals surface area contributed by atoms with Crippen molar-refractivity contribution in [3.8, 4) is 0 Å². The Morgan fingerprint density at radius 1 is 1.16 bits per heavy atom. The van der Waals surface area contributed by atoms with Crippen molar-refractivity contribution < 1.29 is 17.9 Å². The molecule has 25 heavy (non-hydrogen) atoms. The molecule has 3 rings (SSSR count). The number of anilines is 1. The number of alkyl halides is 3. The molecular weight excluding hydrogens is 335 g/mol. The monoisotopic (exact) mass is 353 g/mol. The van der Waals surface area contributed by atoms with Crippen LogP contribution in [-0.4, -0.2) is 33.1 Å². The molecule has 0 aromatic carbocycles. The van der Waals surface area contributed by atoms with Crippen molar-refractivity contribution in [3.63, 3.8) is 0 Å². The number of ether oxygens (including phenoxy) is 1. The average Bonchev–Trinajstić information content (AvgIpc) is 3.05. The molecule has 1 unspecified atom stereocenters. The van der Waals surface area contributed by atoms with Crippen molar-refractivity contribution in [3.05, 3.63) is 40.9 Å². The molecule has 0 saturated carbocycles. The maximum atomic E-state index is 12.8. The van der Waals surface area contributed by atoms with Gasteiger partial charge in [0.25, 0.3) is 0 Å². The molecule has 2 aromatic rings. The molecule has 0 radical (unpaired) electrons. The molecule has 134 valence electrons. The zero-order valence-corrected chi connectivity index (χ0v) is 13.9. The third-order valence-corrected chi connectivity index (χ3v) is 3.82. The maximum absolute atomic E-state index is 12.8. The van der Waals surface area contributed by atoms with Gasteiger partial charge in [-0.1, -0.05) is 0 Å². The van der Waals surface area contributed by atoms with Gasteiger partial charge >= 0.3 is 6.18 Å². The van der Waals surface area contributed by atoms with E-state index in [-0.39, 0.29) is 24.0 Å². The molecule has 1 N–H and O–H groups in total. The first kappa shape index (κ1) is 17.5. The van der Waals surface area contributed by atoms with Crippen molar-refractivity contribution in [2.75, 3.05) is 18.5 Å². The summed E-state index contributed by atoms with van der Waals surface area (Å²) >= 11 is 0. The van der Waals surface area contributed by atoms with Crippen molar-refractivity contribution in [1.29, 1.82) is 0 Å². The van der Waals surface area contributed by atoms with Crippen LogP contribution >= 0.6 is 0 Å². The summed E-state index contributed by atoms with van der Waals surface area (Å²) < 4.78 is 43.9. The molecule has 0 spiro atoms. The molecule has 0 bridgehead atoms. The standard InChI is InChI=1S/C16H18F3N5O/c1-9-5-13(16(17,18)19)24-15(21-9)7-20-14-6-12(22-10(2)23-14)11-3-4-25-8-11/h5-6,11H,3-4,7-8H2,1-2H3,(H,20,22,23). The van der Waals surface area contributed by atoms with Crippen LogP contribution in [0.5, 0.6) is 0 Å². The summed E-state index contributed by atoms with van der Waals surface area (Å²) in [7, 11) is 0. The van der Waals surface area contributed by atoms with E-state index in [4.69, 9.17) is 4.74 Å². The number of nitrogens with zero attached hydrogens (tertiary/aromatic N) is 4. The zero-order valence-electron chi connectivity index (χ0n) is 13.9. The van der Waals surface area contributed by atoms with E-state index in [1.165, 1.54) is 6.92 Å². The zero-order chi connectivity index (χ0) is 18.0. The van der Waals surface area contributed by atoms with Gasteiger partial charge in [0.2, 0.25) is 0 Å². The van der Waals surface area contributed by atoms with E-state index >= 15 is 0 Å². The summed E-state index contributed by atoms with van der Waals surface area (Å²) in [5.74, 6) is 1.41. The topological polar surface area (TPSA) is 72.8 Å². The highest BCUT2D eigenvalue weighted by Gasteiger charge is 2.33. The van der Waals surface area contributed by atoms with Crippen molar-refractivity contribution in [2.45, 2.75) is 38.9 Å². The first-order valence-corrected chi connectivity index (χ1v) is 7.90. The van der Waals surface area contributed by atoms with Gasteiger partial charge in [0.05, 0.1) is 18.8 Å². The summed E-state index contributed by atoms with van der Waals surface area (Å²) in [6.07, 6.45) is -3.60. The summed E-state index contributed by atoms with van der Waals surface area (Å²) in [5, 5.41) is 2.99. The highest BCUT2D eigenvalue weighted by atomic mass is 19.4. The van der Waals surface area contributed by atoms with Gasteiger partial charge < -0.3 is 10.1 Å². The minimum atomic E-state index is -4.50. The Hall–Kier alpha value is -2.29. The lowest BCUT2D eigenvalue weighted by atomic mass is 10.0. The van der Waals surface area contributed by atoms with Crippen LogP contribution in [0.4, 0.5) is 19.0 Å². The van der Waals surface area contributed by atoms with Crippen LogP contribution in [0, 0.1) is 13.8 Å². The van der Waals surface area contributed by atoms with Crippen molar-refractivity contribution in [1.82, 2.24) is 19.9 Å². The number of hydrogen-bond donors (Lipinski definition) is 1. The first-order chi connectivity index (χ1) is 11.8. The second-order valence-electron chi connectivity index (χ2n) is 5.95. The molecule has 1 fully saturated rings. The smallest absolute Gasteiger partial charge is 0.381 e. The Bertz CT molecular complexity index is 760. The van der Waals surface area contributed by atoms with Crippen molar-refractivity contribution in [2.24, 2.45) is 0 Å². The third kappa shape index (κ3) is 4.41. The minimum absolute atomic E-state index is 0.0435. The predicted octanol–water partition coefficient (Wildman–Crippen LogP) is 3.02. The van der Waals surface area contributed by atoms with E-state index < -0.39 is 11.9 Å². The van der Waals surface area contributed by atoms with Crippen LogP contribution in [0.15, 0.2) is 12.1 Å². The number of nitrogens with one attached hydrogen (secondary N) is 1. The Morgan fingerprint density at radius 3 is 2.64 bits per heavy atom. The molecule has 2 aromatic heterocycles. The highest BCUT2D eigenvalue weighted by molar-refractivity contribution is 5.37. The molecule has 0 amide bonds. The number of hydrogen-bond acceptors (Lipinski definition) is 6. The molecule has 1 aliphatic rings. The number of rotatable bonds is 4. The average molecular weight is 353 g/mol. The number of aryl methyl sites for hydroxylation is 2. The largest absolute Gasteiger partial charge is 0.433 e. The molecule has 3 heterocycles. The van der Waals surface area contributed by atoms with Gasteiger partial charge in [0, 0.05) is 24.3 Å². The Balaban J connectivity index is 1.76. The van der Waals surface area contributed by atoms with E-state index in [0.29, 0.717) is 24.9 Å². The summed E-state index contributed by atoms with van der Waals surface area (Å²) in [4.78, 5) is 16.3. The Kier molecular flexibility index (Phi) is 4.85. The lowest BCUT2D eigenvalue weighted by molar-refractivity contribution is -0.141. The first-order valence-electron chi connectivity index (χ1n) is 7.90. The summed E-state index contributed by atoms with van der Waals surface area (Å²) in [6.45, 7) is 4.64. The second kappa shape index (κ2) is 6.91. The minimum Gasteiger partial charge on any atom is -0.381 e. The van der Waals surface area contributed by atoms with E-state index in [1.54, 1.807) is 13.0 Å². The van der Waals surface area contributed by atoms with Gasteiger partial charge in [-0.25, -0.2) is 19.9 Å². The van der Waals surface area contributed by atoms with Crippen molar-refractivity contribution >= 4 is 5.82 Å². The fourth-order valence-electron chi connectivity index (χ4n) is 2.68. The second-order valence-corrected chi connectivity index (χ2v) is 5.95. The molecule has 0 aliphatic carbocycles. The van der Waals surface area contributed by atoms with Crippen LogP contribution in [0.2, 0.25) is 0 Å². The molecule has 1 aliphatic heterocycles. The van der Waals surface area contributed by atoms with Crippen LogP contribution in [-0.2, 0) is 17.5 Å². The maximum Gasteiger partial charge on any atom is 0.433 e. The quantitative estimate of drug-likeness (QED) is 0.911. The Morgan fingerprint density at radius 2 is 1.96 bits per heavy atom. The third-order valence-electron chi connectivity index (χ3n) is 3.82. The summed E-state index contributed by atoms with van der Waals surface area (Å²) in [6, 6.07) is 2.73. The van der Waals surface area contributed by atoms with Crippen LogP contribution in [0.3, 0.4) is 0 Å². The number of halogens is 3. The molecule has 6 nitrogen and oxygen atoms in total. The predicted molar refractivity (Wildman–Crippen MR) is 84.0 cm³/mol. The van der Waals surface area contributed by atoms with E-state index in [0.717, 1.165) is 18.2 Å². The lowest BCUT2D eigenvalue weighted by Crippen LogP contribution is -2.14. The van der Waals surface area contributed by atoms with Crippen LogP contribution in [0.25, 0.3) is 0 Å². The fourth-order valence-corrected chi connectivity index (χ4v) is 2.68. The van der Waals surface area contributed by atoms with Gasteiger partial charge in [-0.05, 0) is 26.3 Å². The van der Waals surface area contributed by atoms with Gasteiger partial charge in [0.15, 0.2) is 0 Å². The molecule has 9 heteroatoms. The number of aromatic nitrogens is 4. The van der Waals surface area contributed by atoms with Gasteiger partial charge in [-0.3, -0.25) is 0 Å². The van der Waals surface area contributed by atoms with Crippen LogP contribution in [0.1, 0.15) is 41.1 Å².